The maximum Gasteiger partial charge on any atom is 0.267 e. The lowest BCUT2D eigenvalue weighted by atomic mass is 10.1. The van der Waals surface area contributed by atoms with Gasteiger partial charge in [0.25, 0.3) is 5.91 Å². The highest BCUT2D eigenvalue weighted by Gasteiger charge is 2.35. The van der Waals surface area contributed by atoms with Crippen LogP contribution in [0.25, 0.3) is 0 Å². The number of carbonyl (C=O) groups excluding carboxylic acids is 1. The molecule has 0 spiro atoms. The first-order valence-corrected chi connectivity index (χ1v) is 7.84. The van der Waals surface area contributed by atoms with Crippen LogP contribution < -0.4 is 9.47 Å². The number of amides is 1. The molecule has 0 radical (unpaired) electrons. The number of rotatable bonds is 3. The summed E-state index contributed by atoms with van der Waals surface area (Å²) in [6.07, 6.45) is -0.993. The van der Waals surface area contributed by atoms with Crippen LogP contribution in [0, 0.1) is 0 Å². The van der Waals surface area contributed by atoms with Gasteiger partial charge in [-0.15, -0.1) is 0 Å². The van der Waals surface area contributed by atoms with E-state index in [1.807, 2.05) is 49.4 Å². The number of ether oxygens (including phenoxy) is 2. The fourth-order valence-corrected chi connectivity index (χ4v) is 2.68. The Balaban J connectivity index is 1.71. The summed E-state index contributed by atoms with van der Waals surface area (Å²) in [5, 5.41) is 0.678. The van der Waals surface area contributed by atoms with E-state index < -0.39 is 6.10 Å². The van der Waals surface area contributed by atoms with Gasteiger partial charge in [-0.3, -0.25) is 4.79 Å². The van der Waals surface area contributed by atoms with Crippen molar-refractivity contribution in [3.8, 4) is 11.5 Å². The molecule has 5 heteroatoms. The van der Waals surface area contributed by atoms with Crippen LogP contribution in [0.2, 0.25) is 5.02 Å². The van der Waals surface area contributed by atoms with E-state index in [0.29, 0.717) is 23.1 Å². The van der Waals surface area contributed by atoms with E-state index >= 15 is 0 Å². The molecule has 0 N–H and O–H groups in total. The fraction of sp³-hybridized carbons (Fsp3) is 0.278. The standard InChI is InChI=1S/C18H18ClNO3/c1-12-17(23-16-6-4-3-5-15(16)22-12)18(21)20(2)11-13-7-9-14(19)10-8-13/h3-10,12,17H,11H2,1-2H3. The van der Waals surface area contributed by atoms with Crippen LogP contribution in [-0.4, -0.2) is 30.1 Å². The second-order valence-electron chi connectivity index (χ2n) is 5.63. The van der Waals surface area contributed by atoms with Crippen LogP contribution in [0.4, 0.5) is 0 Å². The van der Waals surface area contributed by atoms with Crippen molar-refractivity contribution in [3.05, 3.63) is 59.1 Å². The summed E-state index contributed by atoms with van der Waals surface area (Å²) < 4.78 is 11.6. The zero-order valence-corrected chi connectivity index (χ0v) is 13.8. The number of halogens is 1. The predicted molar refractivity (Wildman–Crippen MR) is 88.9 cm³/mol. The molecule has 0 aromatic heterocycles. The summed E-state index contributed by atoms with van der Waals surface area (Å²) in [6.45, 7) is 2.33. The number of fused-ring (bicyclic) bond motifs is 1. The van der Waals surface area contributed by atoms with E-state index in [9.17, 15) is 4.79 Å². The quantitative estimate of drug-likeness (QED) is 0.863. The van der Waals surface area contributed by atoms with Crippen molar-refractivity contribution in [2.24, 2.45) is 0 Å². The van der Waals surface area contributed by atoms with Crippen LogP contribution in [0.1, 0.15) is 12.5 Å². The average Bonchev–Trinajstić information content (AvgIpc) is 2.55. The van der Waals surface area contributed by atoms with Gasteiger partial charge in [0.1, 0.15) is 6.10 Å². The average molecular weight is 332 g/mol. The van der Waals surface area contributed by atoms with Gasteiger partial charge in [-0.25, -0.2) is 0 Å². The Morgan fingerprint density at radius 3 is 2.35 bits per heavy atom. The van der Waals surface area contributed by atoms with E-state index in [1.54, 1.807) is 18.0 Å². The number of benzene rings is 2. The molecule has 0 fully saturated rings. The smallest absolute Gasteiger partial charge is 0.267 e. The first kappa shape index (κ1) is 15.7. The predicted octanol–water partition coefficient (Wildman–Crippen LogP) is 3.53. The second-order valence-corrected chi connectivity index (χ2v) is 6.07. The monoisotopic (exact) mass is 331 g/mol. The number of nitrogens with zero attached hydrogens (tertiary/aromatic N) is 1. The van der Waals surface area contributed by atoms with Gasteiger partial charge in [-0.1, -0.05) is 35.9 Å². The van der Waals surface area contributed by atoms with Gasteiger partial charge in [0.05, 0.1) is 0 Å². The van der Waals surface area contributed by atoms with Crippen LogP contribution in [-0.2, 0) is 11.3 Å². The number of para-hydroxylation sites is 2. The minimum absolute atomic E-state index is 0.109. The van der Waals surface area contributed by atoms with Crippen molar-refractivity contribution in [1.29, 1.82) is 0 Å². The minimum Gasteiger partial charge on any atom is -0.482 e. The molecule has 0 saturated heterocycles. The lowest BCUT2D eigenvalue weighted by Crippen LogP contribution is -2.49. The Morgan fingerprint density at radius 2 is 1.70 bits per heavy atom. The highest BCUT2D eigenvalue weighted by atomic mass is 35.5. The third-order valence-corrected chi connectivity index (χ3v) is 4.05. The first-order valence-electron chi connectivity index (χ1n) is 7.46. The van der Waals surface area contributed by atoms with Crippen LogP contribution in [0.5, 0.6) is 11.5 Å². The first-order chi connectivity index (χ1) is 11.0. The Morgan fingerprint density at radius 1 is 1.09 bits per heavy atom. The van der Waals surface area contributed by atoms with Crippen LogP contribution in [0.3, 0.4) is 0 Å². The van der Waals surface area contributed by atoms with Crippen molar-refractivity contribution in [2.75, 3.05) is 7.05 Å². The summed E-state index contributed by atoms with van der Waals surface area (Å²) >= 11 is 5.88. The molecule has 1 aliphatic rings. The van der Waals surface area contributed by atoms with E-state index in [2.05, 4.69) is 0 Å². The van der Waals surface area contributed by atoms with Gasteiger partial charge < -0.3 is 14.4 Å². The largest absolute Gasteiger partial charge is 0.482 e. The van der Waals surface area contributed by atoms with Crippen LogP contribution >= 0.6 is 11.6 Å². The lowest BCUT2D eigenvalue weighted by Gasteiger charge is -2.33. The van der Waals surface area contributed by atoms with Gasteiger partial charge in [0.2, 0.25) is 6.10 Å². The van der Waals surface area contributed by atoms with Gasteiger partial charge in [-0.05, 0) is 36.8 Å². The molecule has 0 saturated carbocycles. The third kappa shape index (κ3) is 3.42. The van der Waals surface area contributed by atoms with Gasteiger partial charge in [0, 0.05) is 18.6 Å². The van der Waals surface area contributed by atoms with Gasteiger partial charge >= 0.3 is 0 Å². The summed E-state index contributed by atoms with van der Waals surface area (Å²) in [4.78, 5) is 14.3. The van der Waals surface area contributed by atoms with Crippen molar-refractivity contribution < 1.29 is 14.3 Å². The number of carbonyl (C=O) groups is 1. The molecule has 0 aliphatic carbocycles. The third-order valence-electron chi connectivity index (χ3n) is 3.79. The zero-order chi connectivity index (χ0) is 16.4. The molecular weight excluding hydrogens is 314 g/mol. The Labute approximate surface area is 140 Å². The van der Waals surface area contributed by atoms with Gasteiger partial charge in [-0.2, -0.15) is 0 Å². The maximum atomic E-state index is 12.7. The molecule has 2 aromatic carbocycles. The van der Waals surface area contributed by atoms with Crippen LogP contribution in [0.15, 0.2) is 48.5 Å². The normalized spacial score (nSPS) is 19.3. The SMILES string of the molecule is CC1Oc2ccccc2OC1C(=O)N(C)Cc1ccc(Cl)cc1. The number of likely N-dealkylation sites (N-methyl/N-ethyl adjacent to an activating group) is 1. The molecule has 4 nitrogen and oxygen atoms in total. The molecule has 2 unspecified atom stereocenters. The molecular formula is C18H18ClNO3. The highest BCUT2D eigenvalue weighted by Crippen LogP contribution is 2.33. The maximum absolute atomic E-state index is 12.7. The fourth-order valence-electron chi connectivity index (χ4n) is 2.55. The Bertz CT molecular complexity index is 702. The van der Waals surface area contributed by atoms with E-state index in [4.69, 9.17) is 21.1 Å². The van der Waals surface area contributed by atoms with E-state index in [1.165, 1.54) is 0 Å². The molecule has 2 aromatic rings. The summed E-state index contributed by atoms with van der Waals surface area (Å²) in [7, 11) is 1.76. The van der Waals surface area contributed by atoms with Crippen molar-refractivity contribution in [1.82, 2.24) is 4.90 Å². The summed E-state index contributed by atoms with van der Waals surface area (Å²) in [5.41, 5.74) is 1.01. The second kappa shape index (κ2) is 6.50. The number of hydrogen-bond donors (Lipinski definition) is 0. The van der Waals surface area contributed by atoms with Crippen molar-refractivity contribution >= 4 is 17.5 Å². The molecule has 23 heavy (non-hydrogen) atoms. The summed E-state index contributed by atoms with van der Waals surface area (Å²) in [6, 6.07) is 14.8. The number of hydrogen-bond acceptors (Lipinski definition) is 3. The Kier molecular flexibility index (Phi) is 4.44. The molecule has 0 bridgehead atoms. The highest BCUT2D eigenvalue weighted by molar-refractivity contribution is 6.30. The Hall–Kier alpha value is -2.20. The van der Waals surface area contributed by atoms with E-state index in [-0.39, 0.29) is 12.0 Å². The zero-order valence-electron chi connectivity index (χ0n) is 13.0. The minimum atomic E-state index is -0.651. The van der Waals surface area contributed by atoms with Gasteiger partial charge in [0.15, 0.2) is 11.5 Å². The lowest BCUT2D eigenvalue weighted by molar-refractivity contribution is -0.143. The van der Waals surface area contributed by atoms with Crippen molar-refractivity contribution in [2.45, 2.75) is 25.7 Å². The molecule has 1 amide bonds. The topological polar surface area (TPSA) is 38.8 Å². The molecule has 1 aliphatic heterocycles. The molecule has 3 rings (SSSR count). The van der Waals surface area contributed by atoms with Crippen molar-refractivity contribution in [3.63, 3.8) is 0 Å². The molecule has 120 valence electrons. The van der Waals surface area contributed by atoms with E-state index in [0.717, 1.165) is 5.56 Å². The molecule has 2 atom stereocenters. The summed E-state index contributed by atoms with van der Waals surface area (Å²) in [5.74, 6) is 1.16. The molecule has 1 heterocycles.